The number of carbonyl (C=O) groups is 1. The highest BCUT2D eigenvalue weighted by Crippen LogP contribution is 2.23. The Morgan fingerprint density at radius 3 is 2.78 bits per heavy atom. The van der Waals surface area contributed by atoms with Crippen LogP contribution in [0.1, 0.15) is 10.4 Å². The summed E-state index contributed by atoms with van der Waals surface area (Å²) in [6.45, 7) is 1.46. The molecule has 9 heteroatoms. The normalized spacial score (nSPS) is 14.5. The highest BCUT2D eigenvalue weighted by Gasteiger charge is 2.33. The summed E-state index contributed by atoms with van der Waals surface area (Å²) in [7, 11) is 1.83. The Kier molecular flexibility index (Phi) is 3.46. The molecule has 27 heavy (non-hydrogen) atoms. The summed E-state index contributed by atoms with van der Waals surface area (Å²) >= 11 is 0. The molecular formula is C18H16N8O. The molecule has 0 spiro atoms. The molecule has 5 rings (SSSR count). The maximum absolute atomic E-state index is 12.8. The van der Waals surface area contributed by atoms with Gasteiger partial charge < -0.3 is 9.80 Å². The number of hydrogen-bond acceptors (Lipinski definition) is 7. The van der Waals surface area contributed by atoms with Crippen molar-refractivity contribution in [1.82, 2.24) is 34.7 Å². The van der Waals surface area contributed by atoms with E-state index in [-0.39, 0.29) is 11.9 Å². The quantitative estimate of drug-likeness (QED) is 0.539. The van der Waals surface area contributed by atoms with Gasteiger partial charge in [-0.15, -0.1) is 15.3 Å². The van der Waals surface area contributed by atoms with E-state index in [1.807, 2.05) is 25.2 Å². The van der Waals surface area contributed by atoms with Crippen molar-refractivity contribution in [2.24, 2.45) is 0 Å². The number of carbonyl (C=O) groups excluding carboxylic acids is 1. The highest BCUT2D eigenvalue weighted by molar-refractivity contribution is 5.97. The van der Waals surface area contributed by atoms with E-state index in [0.29, 0.717) is 11.2 Å². The Labute approximate surface area is 154 Å². The zero-order valence-corrected chi connectivity index (χ0v) is 14.6. The molecule has 0 N–H and O–H groups in total. The van der Waals surface area contributed by atoms with Gasteiger partial charge in [-0.2, -0.15) is 4.52 Å². The lowest BCUT2D eigenvalue weighted by molar-refractivity contribution is 0.0705. The number of anilines is 1. The van der Waals surface area contributed by atoms with Crippen molar-refractivity contribution in [3.05, 3.63) is 54.6 Å². The Morgan fingerprint density at radius 2 is 1.93 bits per heavy atom. The zero-order valence-electron chi connectivity index (χ0n) is 14.6. The molecule has 0 aliphatic carbocycles. The molecule has 0 atom stereocenters. The third kappa shape index (κ3) is 2.64. The lowest BCUT2D eigenvalue weighted by Crippen LogP contribution is -2.60. The van der Waals surface area contributed by atoms with Gasteiger partial charge in [0.2, 0.25) is 0 Å². The van der Waals surface area contributed by atoms with Gasteiger partial charge in [0.1, 0.15) is 12.1 Å². The Balaban J connectivity index is 1.29. The molecule has 3 aromatic heterocycles. The molecule has 1 saturated heterocycles. The van der Waals surface area contributed by atoms with E-state index in [4.69, 9.17) is 0 Å². The van der Waals surface area contributed by atoms with Crippen LogP contribution in [0.4, 0.5) is 5.82 Å². The van der Waals surface area contributed by atoms with Crippen LogP contribution in [0.3, 0.4) is 0 Å². The molecule has 0 saturated carbocycles. The van der Waals surface area contributed by atoms with Crippen LogP contribution in [-0.2, 0) is 0 Å². The van der Waals surface area contributed by atoms with Gasteiger partial charge in [0.15, 0.2) is 5.65 Å². The monoisotopic (exact) mass is 360 g/mol. The van der Waals surface area contributed by atoms with Gasteiger partial charge in [-0.3, -0.25) is 14.8 Å². The second-order valence-corrected chi connectivity index (χ2v) is 6.56. The number of nitrogens with zero attached hydrogens (tertiary/aromatic N) is 8. The van der Waals surface area contributed by atoms with Crippen molar-refractivity contribution >= 4 is 28.4 Å². The maximum Gasteiger partial charge on any atom is 0.254 e. The molecule has 9 nitrogen and oxygen atoms in total. The smallest absolute Gasteiger partial charge is 0.254 e. The number of amides is 1. The summed E-state index contributed by atoms with van der Waals surface area (Å²) in [6, 6.07) is 9.35. The van der Waals surface area contributed by atoms with E-state index < -0.39 is 0 Å². The van der Waals surface area contributed by atoms with Crippen LogP contribution < -0.4 is 4.90 Å². The van der Waals surface area contributed by atoms with Crippen LogP contribution in [0.2, 0.25) is 0 Å². The molecule has 1 aliphatic rings. The van der Waals surface area contributed by atoms with Crippen LogP contribution in [0.5, 0.6) is 0 Å². The molecule has 134 valence electrons. The van der Waals surface area contributed by atoms with E-state index in [2.05, 4.69) is 30.2 Å². The average molecular weight is 360 g/mol. The lowest BCUT2D eigenvalue weighted by Gasteiger charge is -2.44. The molecule has 4 aromatic rings. The molecule has 0 bridgehead atoms. The minimum Gasteiger partial charge on any atom is -0.351 e. The van der Waals surface area contributed by atoms with Crippen LogP contribution in [-0.4, -0.2) is 66.8 Å². The van der Waals surface area contributed by atoms with E-state index in [1.165, 1.54) is 0 Å². The maximum atomic E-state index is 12.8. The molecule has 1 fully saturated rings. The first-order valence-electron chi connectivity index (χ1n) is 8.59. The Hall–Kier alpha value is -3.62. The summed E-state index contributed by atoms with van der Waals surface area (Å²) in [6.07, 6.45) is 4.85. The molecule has 1 aliphatic heterocycles. The van der Waals surface area contributed by atoms with Crippen LogP contribution in [0.25, 0.3) is 16.7 Å². The van der Waals surface area contributed by atoms with Crippen LogP contribution in [0, 0.1) is 0 Å². The number of rotatable bonds is 3. The molecular weight excluding hydrogens is 344 g/mol. The number of likely N-dealkylation sites (N-methyl/N-ethyl adjacent to an activating group) is 1. The molecule has 1 aromatic carbocycles. The fraction of sp³-hybridized carbons (Fsp3) is 0.222. The van der Waals surface area contributed by atoms with Crippen LogP contribution in [0.15, 0.2) is 49.1 Å². The average Bonchev–Trinajstić information content (AvgIpc) is 3.13. The van der Waals surface area contributed by atoms with Gasteiger partial charge in [0.25, 0.3) is 5.91 Å². The topological polar surface area (TPSA) is 92.4 Å². The molecule has 1 amide bonds. The summed E-state index contributed by atoms with van der Waals surface area (Å²) in [4.78, 5) is 25.2. The Bertz CT molecular complexity index is 1150. The molecule has 4 heterocycles. The van der Waals surface area contributed by atoms with Crippen molar-refractivity contribution in [1.29, 1.82) is 0 Å². The minimum atomic E-state index is -0.0191. The van der Waals surface area contributed by atoms with E-state index >= 15 is 0 Å². The van der Waals surface area contributed by atoms with Gasteiger partial charge in [0, 0.05) is 38.1 Å². The standard InChI is InChI=1S/C18H16N8O/c1-24(18(27)12-2-3-14-15(8-12)20-7-6-19-14)13-9-25(10-13)17-5-4-16-22-21-11-26(16)23-17/h2-8,11,13H,9-10H2,1H3. The first-order valence-corrected chi connectivity index (χ1v) is 8.59. The molecule has 0 unspecified atom stereocenters. The second-order valence-electron chi connectivity index (χ2n) is 6.56. The van der Waals surface area contributed by atoms with E-state index in [1.54, 1.807) is 40.3 Å². The van der Waals surface area contributed by atoms with Gasteiger partial charge in [-0.25, -0.2) is 0 Å². The first-order chi connectivity index (χ1) is 13.2. The highest BCUT2D eigenvalue weighted by atomic mass is 16.2. The van der Waals surface area contributed by atoms with Crippen molar-refractivity contribution in [3.63, 3.8) is 0 Å². The third-order valence-electron chi connectivity index (χ3n) is 4.92. The summed E-state index contributed by atoms with van der Waals surface area (Å²) in [5, 5.41) is 12.3. The van der Waals surface area contributed by atoms with E-state index in [9.17, 15) is 4.79 Å². The summed E-state index contributed by atoms with van der Waals surface area (Å²) in [5.41, 5.74) is 2.83. The van der Waals surface area contributed by atoms with Gasteiger partial charge in [-0.05, 0) is 30.3 Å². The number of hydrogen-bond donors (Lipinski definition) is 0. The Morgan fingerprint density at radius 1 is 1.11 bits per heavy atom. The minimum absolute atomic E-state index is 0.0191. The third-order valence-corrected chi connectivity index (χ3v) is 4.92. The molecule has 0 radical (unpaired) electrons. The summed E-state index contributed by atoms with van der Waals surface area (Å²) in [5.74, 6) is 0.829. The number of aromatic nitrogens is 6. The van der Waals surface area contributed by atoms with Gasteiger partial charge >= 0.3 is 0 Å². The van der Waals surface area contributed by atoms with Gasteiger partial charge in [0.05, 0.1) is 17.1 Å². The first kappa shape index (κ1) is 15.6. The number of fused-ring (bicyclic) bond motifs is 2. The van der Waals surface area contributed by atoms with Crippen molar-refractivity contribution < 1.29 is 4.79 Å². The van der Waals surface area contributed by atoms with Crippen LogP contribution >= 0.6 is 0 Å². The fourth-order valence-corrected chi connectivity index (χ4v) is 3.24. The lowest BCUT2D eigenvalue weighted by atomic mass is 10.1. The van der Waals surface area contributed by atoms with Crippen molar-refractivity contribution in [3.8, 4) is 0 Å². The zero-order chi connectivity index (χ0) is 18.4. The summed E-state index contributed by atoms with van der Waals surface area (Å²) < 4.78 is 1.65. The second kappa shape index (κ2) is 5.97. The predicted octanol–water partition coefficient (Wildman–Crippen LogP) is 1.03. The predicted molar refractivity (Wildman–Crippen MR) is 98.4 cm³/mol. The largest absolute Gasteiger partial charge is 0.351 e. The fourth-order valence-electron chi connectivity index (χ4n) is 3.24. The van der Waals surface area contributed by atoms with Crippen molar-refractivity contribution in [2.45, 2.75) is 6.04 Å². The SMILES string of the molecule is CN(C(=O)c1ccc2nccnc2c1)C1CN(c2ccc3nncn3n2)C1. The number of benzene rings is 1. The van der Waals surface area contributed by atoms with E-state index in [0.717, 1.165) is 29.9 Å². The van der Waals surface area contributed by atoms with Crippen molar-refractivity contribution in [2.75, 3.05) is 25.0 Å². The van der Waals surface area contributed by atoms with Gasteiger partial charge in [-0.1, -0.05) is 0 Å².